The lowest BCUT2D eigenvalue weighted by molar-refractivity contribution is -0.384. The number of nitrogens with zero attached hydrogens (tertiary/aromatic N) is 1. The van der Waals surface area contributed by atoms with Gasteiger partial charge in [0.25, 0.3) is 15.8 Å². The third-order valence-electron chi connectivity index (χ3n) is 1.79. The zero-order valence-electron chi connectivity index (χ0n) is 8.87. The molecule has 17 heavy (non-hydrogen) atoms. The van der Waals surface area contributed by atoms with E-state index in [1.54, 1.807) is 6.92 Å². The van der Waals surface area contributed by atoms with Gasteiger partial charge in [-0.1, -0.05) is 22.9 Å². The van der Waals surface area contributed by atoms with Crippen molar-refractivity contribution in [3.63, 3.8) is 0 Å². The lowest BCUT2D eigenvalue weighted by atomic mass is 10.3. The van der Waals surface area contributed by atoms with Crippen LogP contribution in [0.15, 0.2) is 29.2 Å². The van der Waals surface area contributed by atoms with E-state index in [2.05, 4.69) is 15.9 Å². The highest BCUT2D eigenvalue weighted by Gasteiger charge is 2.17. The lowest BCUT2D eigenvalue weighted by Gasteiger charge is -2.06. The average molecular weight is 324 g/mol. The summed E-state index contributed by atoms with van der Waals surface area (Å²) in [6, 6.07) is 4.53. The molecule has 0 aliphatic heterocycles. The number of rotatable bonds is 5. The second-order valence-corrected chi connectivity index (χ2v) is 6.45. The molecule has 0 aliphatic carbocycles. The number of halogens is 1. The summed E-state index contributed by atoms with van der Waals surface area (Å²) >= 11 is 3.15. The van der Waals surface area contributed by atoms with E-state index in [1.165, 1.54) is 0 Å². The van der Waals surface area contributed by atoms with Crippen LogP contribution >= 0.6 is 15.9 Å². The number of hydrogen-bond acceptors (Lipinski definition) is 5. The summed E-state index contributed by atoms with van der Waals surface area (Å²) in [7, 11) is -3.85. The Bertz CT molecular complexity index is 497. The highest BCUT2D eigenvalue weighted by molar-refractivity contribution is 9.09. The first-order valence-corrected chi connectivity index (χ1v) is 6.93. The Hall–Kier alpha value is -0.990. The highest BCUT2D eigenvalue weighted by atomic mass is 79.9. The zero-order chi connectivity index (χ0) is 13.1. The van der Waals surface area contributed by atoms with Gasteiger partial charge in [0.2, 0.25) is 0 Å². The van der Waals surface area contributed by atoms with E-state index in [0.29, 0.717) is 0 Å². The molecule has 0 fully saturated rings. The number of alkyl halides is 1. The van der Waals surface area contributed by atoms with Crippen molar-refractivity contribution in [2.45, 2.75) is 16.6 Å². The summed E-state index contributed by atoms with van der Waals surface area (Å²) < 4.78 is 27.9. The van der Waals surface area contributed by atoms with E-state index in [0.717, 1.165) is 24.3 Å². The minimum atomic E-state index is -3.85. The highest BCUT2D eigenvalue weighted by Crippen LogP contribution is 2.18. The van der Waals surface area contributed by atoms with Crippen molar-refractivity contribution in [1.29, 1.82) is 0 Å². The molecule has 1 rings (SSSR count). The summed E-state index contributed by atoms with van der Waals surface area (Å²) in [4.78, 5) is 9.59. The summed E-state index contributed by atoms with van der Waals surface area (Å²) in [5, 5.41) is 10.4. The average Bonchev–Trinajstić information content (AvgIpc) is 2.27. The fourth-order valence-electron chi connectivity index (χ4n) is 0.986. The largest absolute Gasteiger partial charge is 0.297 e. The third kappa shape index (κ3) is 4.06. The zero-order valence-corrected chi connectivity index (χ0v) is 11.3. The van der Waals surface area contributed by atoms with Gasteiger partial charge in [-0.2, -0.15) is 8.42 Å². The van der Waals surface area contributed by atoms with Crippen molar-refractivity contribution in [2.24, 2.45) is 0 Å². The molecule has 1 aromatic rings. The van der Waals surface area contributed by atoms with E-state index in [4.69, 9.17) is 4.18 Å². The van der Waals surface area contributed by atoms with E-state index >= 15 is 0 Å². The number of benzene rings is 1. The molecule has 0 bridgehead atoms. The van der Waals surface area contributed by atoms with Crippen LogP contribution < -0.4 is 0 Å². The van der Waals surface area contributed by atoms with Gasteiger partial charge < -0.3 is 0 Å². The molecule has 0 N–H and O–H groups in total. The minimum Gasteiger partial charge on any atom is -0.265 e. The normalized spacial score (nSPS) is 13.3. The molecule has 0 amide bonds. The lowest BCUT2D eigenvalue weighted by Crippen LogP contribution is -2.12. The van der Waals surface area contributed by atoms with Crippen LogP contribution in [0.5, 0.6) is 0 Å². The fourth-order valence-corrected chi connectivity index (χ4v) is 2.28. The molecule has 0 aromatic heterocycles. The van der Waals surface area contributed by atoms with E-state index in [-0.39, 0.29) is 22.0 Å². The van der Waals surface area contributed by atoms with Crippen molar-refractivity contribution in [3.05, 3.63) is 34.4 Å². The first kappa shape index (κ1) is 14.1. The minimum absolute atomic E-state index is 0.000674. The second-order valence-electron chi connectivity index (χ2n) is 3.27. The molecule has 0 saturated heterocycles. The van der Waals surface area contributed by atoms with Crippen molar-refractivity contribution in [1.82, 2.24) is 0 Å². The molecule has 1 aromatic carbocycles. The van der Waals surface area contributed by atoms with Gasteiger partial charge >= 0.3 is 0 Å². The van der Waals surface area contributed by atoms with Crippen LogP contribution in [-0.4, -0.2) is 24.8 Å². The van der Waals surface area contributed by atoms with Gasteiger partial charge in [-0.15, -0.1) is 0 Å². The van der Waals surface area contributed by atoms with Crippen molar-refractivity contribution in [3.8, 4) is 0 Å². The third-order valence-corrected chi connectivity index (χ3v) is 3.35. The molecule has 8 heteroatoms. The molecule has 0 aliphatic rings. The SMILES string of the molecule is CC(Br)COS(=O)(=O)c1ccc([N+](=O)[O-])cc1. The van der Waals surface area contributed by atoms with Gasteiger partial charge in [-0.05, 0) is 12.1 Å². The van der Waals surface area contributed by atoms with Gasteiger partial charge in [0.1, 0.15) is 0 Å². The molecule has 6 nitrogen and oxygen atoms in total. The maximum Gasteiger partial charge on any atom is 0.297 e. The van der Waals surface area contributed by atoms with Crippen molar-refractivity contribution < 1.29 is 17.5 Å². The van der Waals surface area contributed by atoms with Crippen LogP contribution in [0, 0.1) is 10.1 Å². The van der Waals surface area contributed by atoms with Crippen molar-refractivity contribution in [2.75, 3.05) is 6.61 Å². The molecular formula is C9H10BrNO5S. The van der Waals surface area contributed by atoms with Crippen molar-refractivity contribution >= 4 is 31.7 Å². The molecule has 0 radical (unpaired) electrons. The summed E-state index contributed by atoms with van der Waals surface area (Å²) in [6.45, 7) is 1.74. The maximum atomic E-state index is 11.6. The van der Waals surface area contributed by atoms with Gasteiger partial charge in [0.05, 0.1) is 16.4 Å². The number of hydrogen-bond donors (Lipinski definition) is 0. The van der Waals surface area contributed by atoms with Gasteiger partial charge in [0.15, 0.2) is 0 Å². The predicted octanol–water partition coefficient (Wildman–Crippen LogP) is 2.08. The smallest absolute Gasteiger partial charge is 0.265 e. The monoisotopic (exact) mass is 323 g/mol. The van der Waals surface area contributed by atoms with E-state index < -0.39 is 15.0 Å². The van der Waals surface area contributed by atoms with Crippen LogP contribution in [0.3, 0.4) is 0 Å². The molecule has 0 saturated carbocycles. The van der Waals surface area contributed by atoms with Crippen LogP contribution in [0.2, 0.25) is 0 Å². The Kier molecular flexibility index (Phi) is 4.61. The number of non-ortho nitro benzene ring substituents is 1. The molecule has 94 valence electrons. The number of nitro benzene ring substituents is 1. The van der Waals surface area contributed by atoms with Gasteiger partial charge in [-0.3, -0.25) is 14.3 Å². The molecule has 1 unspecified atom stereocenters. The Labute approximate surface area is 107 Å². The Balaban J connectivity index is 2.89. The fraction of sp³-hybridized carbons (Fsp3) is 0.333. The van der Waals surface area contributed by atoms with Crippen LogP contribution in [0.4, 0.5) is 5.69 Å². The van der Waals surface area contributed by atoms with E-state index in [1.807, 2.05) is 0 Å². The van der Waals surface area contributed by atoms with Crippen LogP contribution in [-0.2, 0) is 14.3 Å². The van der Waals surface area contributed by atoms with E-state index in [9.17, 15) is 18.5 Å². The Morgan fingerprint density at radius 2 is 1.94 bits per heavy atom. The predicted molar refractivity (Wildman–Crippen MR) is 64.6 cm³/mol. The standard InChI is InChI=1S/C9H10BrNO5S/c1-7(10)6-16-17(14,15)9-4-2-8(3-5-9)11(12)13/h2-5,7H,6H2,1H3. The second kappa shape index (κ2) is 5.56. The molecule has 1 atom stereocenters. The van der Waals surface area contributed by atoms with Crippen LogP contribution in [0.1, 0.15) is 6.92 Å². The topological polar surface area (TPSA) is 86.5 Å². The summed E-state index contributed by atoms with van der Waals surface area (Å²) in [6.07, 6.45) is 0. The Morgan fingerprint density at radius 1 is 1.41 bits per heavy atom. The first-order chi connectivity index (χ1) is 7.83. The number of nitro groups is 1. The summed E-state index contributed by atoms with van der Waals surface area (Å²) in [5.41, 5.74) is -0.169. The maximum absolute atomic E-state index is 11.6. The molecule has 0 heterocycles. The first-order valence-electron chi connectivity index (χ1n) is 4.61. The van der Waals surface area contributed by atoms with Gasteiger partial charge in [0, 0.05) is 17.0 Å². The Morgan fingerprint density at radius 3 is 2.35 bits per heavy atom. The molecule has 0 spiro atoms. The quantitative estimate of drug-likeness (QED) is 0.358. The van der Waals surface area contributed by atoms with Crippen LogP contribution in [0.25, 0.3) is 0 Å². The molecular weight excluding hydrogens is 314 g/mol. The summed E-state index contributed by atoms with van der Waals surface area (Å²) in [5.74, 6) is 0. The van der Waals surface area contributed by atoms with Gasteiger partial charge in [-0.25, -0.2) is 0 Å².